The molecule has 1 aromatic carbocycles. The van der Waals surface area contributed by atoms with Gasteiger partial charge in [-0.3, -0.25) is 9.59 Å². The van der Waals surface area contributed by atoms with Crippen LogP contribution in [0.1, 0.15) is 74.9 Å². The molecule has 0 radical (unpaired) electrons. The largest absolute Gasteiger partial charge is 0.491 e. The molecule has 0 spiro atoms. The van der Waals surface area contributed by atoms with Crippen molar-refractivity contribution in [2.75, 3.05) is 26.2 Å². The number of carbonyl (C=O) groups excluding carboxylic acids is 2. The van der Waals surface area contributed by atoms with Crippen LogP contribution in [0.25, 0.3) is 0 Å². The number of ether oxygens (including phenoxy) is 1. The zero-order valence-electron chi connectivity index (χ0n) is 21.0. The lowest BCUT2D eigenvalue weighted by atomic mass is 10.00. The van der Waals surface area contributed by atoms with E-state index >= 15 is 0 Å². The molecule has 4 rings (SSSR count). The van der Waals surface area contributed by atoms with E-state index in [4.69, 9.17) is 4.74 Å². The molecule has 2 heterocycles. The summed E-state index contributed by atoms with van der Waals surface area (Å²) in [7, 11) is 0. The second-order valence-electron chi connectivity index (χ2n) is 10.4. The molecule has 34 heavy (non-hydrogen) atoms. The first-order valence-electron chi connectivity index (χ1n) is 12.7. The SMILES string of the molecule is CC(C)CCN(CC(=O)N1CCc2sccc2[C@@H]1COc1ccc(C(C)C)cc1)C(=O)C1CC1. The van der Waals surface area contributed by atoms with Crippen molar-refractivity contribution in [3.05, 3.63) is 51.7 Å². The lowest BCUT2D eigenvalue weighted by Crippen LogP contribution is -2.48. The molecule has 1 aliphatic carbocycles. The van der Waals surface area contributed by atoms with E-state index in [0.717, 1.165) is 31.4 Å². The maximum atomic E-state index is 13.6. The van der Waals surface area contributed by atoms with Crippen molar-refractivity contribution in [1.29, 1.82) is 0 Å². The van der Waals surface area contributed by atoms with Gasteiger partial charge in [0.05, 0.1) is 12.6 Å². The number of hydrogen-bond donors (Lipinski definition) is 0. The van der Waals surface area contributed by atoms with Gasteiger partial charge < -0.3 is 14.5 Å². The molecule has 2 aliphatic rings. The predicted molar refractivity (Wildman–Crippen MR) is 137 cm³/mol. The standard InChI is InChI=1S/C28H38N2O3S/c1-19(2)11-14-29(28(32)22-5-6-22)17-27(31)30-15-12-26-24(13-16-34-26)25(30)18-33-23-9-7-21(8-10-23)20(3)4/h7-10,13,16,19-20,22,25H,5-6,11-12,14-15,17-18H2,1-4H3/t25-/m0/s1. The summed E-state index contributed by atoms with van der Waals surface area (Å²) in [5.74, 6) is 2.10. The Bertz CT molecular complexity index is 978. The molecule has 2 amide bonds. The van der Waals surface area contributed by atoms with E-state index in [2.05, 4.69) is 51.3 Å². The van der Waals surface area contributed by atoms with Crippen LogP contribution in [0.15, 0.2) is 35.7 Å². The van der Waals surface area contributed by atoms with Crippen LogP contribution in [-0.4, -0.2) is 47.9 Å². The first-order chi connectivity index (χ1) is 16.3. The average Bonchev–Trinajstić information content (AvgIpc) is 3.56. The number of nitrogens with zero attached hydrogens (tertiary/aromatic N) is 2. The van der Waals surface area contributed by atoms with Gasteiger partial charge in [-0.15, -0.1) is 11.3 Å². The number of fused-ring (bicyclic) bond motifs is 1. The van der Waals surface area contributed by atoms with Crippen molar-refractivity contribution >= 4 is 23.2 Å². The van der Waals surface area contributed by atoms with Gasteiger partial charge in [0.15, 0.2) is 0 Å². The van der Waals surface area contributed by atoms with Crippen LogP contribution >= 0.6 is 11.3 Å². The third-order valence-electron chi connectivity index (χ3n) is 6.91. The van der Waals surface area contributed by atoms with Crippen molar-refractivity contribution in [1.82, 2.24) is 9.80 Å². The smallest absolute Gasteiger partial charge is 0.242 e. The van der Waals surface area contributed by atoms with Crippen LogP contribution in [0.2, 0.25) is 0 Å². The summed E-state index contributed by atoms with van der Waals surface area (Å²) in [6.45, 7) is 10.6. The molecule has 0 saturated heterocycles. The Morgan fingerprint density at radius 1 is 1.12 bits per heavy atom. The van der Waals surface area contributed by atoms with Crippen molar-refractivity contribution < 1.29 is 14.3 Å². The first-order valence-corrected chi connectivity index (χ1v) is 13.6. The van der Waals surface area contributed by atoms with Gasteiger partial charge >= 0.3 is 0 Å². The fourth-order valence-electron chi connectivity index (χ4n) is 4.52. The lowest BCUT2D eigenvalue weighted by Gasteiger charge is -2.37. The molecule has 0 N–H and O–H groups in total. The fourth-order valence-corrected chi connectivity index (χ4v) is 5.45. The van der Waals surface area contributed by atoms with E-state index in [1.165, 1.54) is 16.0 Å². The van der Waals surface area contributed by atoms with Crippen LogP contribution in [-0.2, 0) is 16.0 Å². The van der Waals surface area contributed by atoms with Gasteiger partial charge in [-0.05, 0) is 72.2 Å². The maximum Gasteiger partial charge on any atom is 0.242 e. The third-order valence-corrected chi connectivity index (χ3v) is 7.91. The summed E-state index contributed by atoms with van der Waals surface area (Å²) in [4.78, 5) is 31.5. The Balaban J connectivity index is 1.47. The molecular weight excluding hydrogens is 444 g/mol. The number of carbonyl (C=O) groups is 2. The summed E-state index contributed by atoms with van der Waals surface area (Å²) in [5.41, 5.74) is 2.47. The van der Waals surface area contributed by atoms with Crippen LogP contribution in [0.5, 0.6) is 5.75 Å². The molecular formula is C28H38N2O3S. The van der Waals surface area contributed by atoms with Gasteiger partial charge in [0.1, 0.15) is 12.4 Å². The number of hydrogen-bond acceptors (Lipinski definition) is 4. The van der Waals surface area contributed by atoms with E-state index in [-0.39, 0.29) is 30.3 Å². The summed E-state index contributed by atoms with van der Waals surface area (Å²) >= 11 is 1.75. The summed E-state index contributed by atoms with van der Waals surface area (Å²) < 4.78 is 6.20. The van der Waals surface area contributed by atoms with Crippen LogP contribution in [0, 0.1) is 11.8 Å². The Kier molecular flexibility index (Phi) is 7.97. The van der Waals surface area contributed by atoms with Crippen molar-refractivity contribution in [2.24, 2.45) is 11.8 Å². The molecule has 184 valence electrons. The highest BCUT2D eigenvalue weighted by Crippen LogP contribution is 2.35. The van der Waals surface area contributed by atoms with E-state index in [0.29, 0.717) is 31.5 Å². The highest BCUT2D eigenvalue weighted by molar-refractivity contribution is 7.10. The minimum Gasteiger partial charge on any atom is -0.491 e. The van der Waals surface area contributed by atoms with Gasteiger partial charge in [-0.1, -0.05) is 39.8 Å². The molecule has 1 aromatic heterocycles. The summed E-state index contributed by atoms with van der Waals surface area (Å²) in [6, 6.07) is 10.2. The molecule has 1 aliphatic heterocycles. The zero-order chi connectivity index (χ0) is 24.2. The number of amides is 2. The van der Waals surface area contributed by atoms with Crippen LogP contribution in [0.4, 0.5) is 0 Å². The second kappa shape index (κ2) is 10.9. The second-order valence-corrected chi connectivity index (χ2v) is 11.4. The molecule has 0 bridgehead atoms. The Morgan fingerprint density at radius 3 is 2.50 bits per heavy atom. The molecule has 6 heteroatoms. The van der Waals surface area contributed by atoms with Gasteiger partial charge in [-0.25, -0.2) is 0 Å². The number of benzene rings is 1. The zero-order valence-corrected chi connectivity index (χ0v) is 21.8. The maximum absolute atomic E-state index is 13.6. The molecule has 1 saturated carbocycles. The van der Waals surface area contributed by atoms with E-state index in [9.17, 15) is 9.59 Å². The summed E-state index contributed by atoms with van der Waals surface area (Å²) in [5, 5.41) is 2.11. The van der Waals surface area contributed by atoms with Crippen molar-refractivity contribution in [3.63, 3.8) is 0 Å². The van der Waals surface area contributed by atoms with Gasteiger partial charge in [0.2, 0.25) is 11.8 Å². The van der Waals surface area contributed by atoms with Crippen LogP contribution in [0.3, 0.4) is 0 Å². The molecule has 0 unspecified atom stereocenters. The molecule has 2 aromatic rings. The Hall–Kier alpha value is -2.34. The Morgan fingerprint density at radius 2 is 1.85 bits per heavy atom. The van der Waals surface area contributed by atoms with Gasteiger partial charge in [-0.2, -0.15) is 0 Å². The number of rotatable bonds is 10. The van der Waals surface area contributed by atoms with E-state index in [1.807, 2.05) is 21.9 Å². The minimum absolute atomic E-state index is 0.0263. The third kappa shape index (κ3) is 6.01. The highest BCUT2D eigenvalue weighted by Gasteiger charge is 2.37. The predicted octanol–water partition coefficient (Wildman–Crippen LogP) is 5.66. The first kappa shape index (κ1) is 24.8. The van der Waals surface area contributed by atoms with E-state index < -0.39 is 0 Å². The van der Waals surface area contributed by atoms with Crippen molar-refractivity contribution in [2.45, 2.75) is 65.3 Å². The topological polar surface area (TPSA) is 49.9 Å². The number of thiophene rings is 1. The fraction of sp³-hybridized carbons (Fsp3) is 0.571. The summed E-state index contributed by atoms with van der Waals surface area (Å²) in [6.07, 6.45) is 3.69. The van der Waals surface area contributed by atoms with E-state index in [1.54, 1.807) is 11.3 Å². The lowest BCUT2D eigenvalue weighted by molar-refractivity contribution is -0.143. The quantitative estimate of drug-likeness (QED) is 0.439. The van der Waals surface area contributed by atoms with Crippen molar-refractivity contribution in [3.8, 4) is 5.75 Å². The molecule has 1 atom stereocenters. The highest BCUT2D eigenvalue weighted by atomic mass is 32.1. The molecule has 5 nitrogen and oxygen atoms in total. The monoisotopic (exact) mass is 482 g/mol. The molecule has 1 fully saturated rings. The average molecular weight is 483 g/mol. The van der Waals surface area contributed by atoms with Gasteiger partial charge in [0.25, 0.3) is 0 Å². The Labute approximate surface area is 208 Å². The van der Waals surface area contributed by atoms with Crippen LogP contribution < -0.4 is 4.74 Å². The van der Waals surface area contributed by atoms with Gasteiger partial charge in [0, 0.05) is 23.9 Å². The normalized spacial score (nSPS) is 17.7. The minimum atomic E-state index is -0.129.